The molecule has 4 amide bonds. The lowest BCUT2D eigenvalue weighted by molar-refractivity contribution is -0.138. The molecule has 2 aliphatic rings. The van der Waals surface area contributed by atoms with Crippen molar-refractivity contribution in [2.45, 2.75) is 43.4 Å². The van der Waals surface area contributed by atoms with Crippen LogP contribution in [0, 0.1) is 6.92 Å². The van der Waals surface area contributed by atoms with Crippen LogP contribution >= 0.6 is 11.8 Å². The SMILES string of the molecule is Cc1nnc(SCC(=O)NN2C(=O)N[C@@](C)(c3ccccc3)C2=O)n1C1CC1. The number of rotatable bonds is 6. The number of thioether (sulfide) groups is 1. The van der Waals surface area contributed by atoms with E-state index in [1.165, 1.54) is 11.8 Å². The van der Waals surface area contributed by atoms with Gasteiger partial charge in [0.25, 0.3) is 5.91 Å². The second-order valence-electron chi connectivity index (χ2n) is 7.02. The number of hydrogen-bond acceptors (Lipinski definition) is 6. The van der Waals surface area contributed by atoms with E-state index in [2.05, 4.69) is 20.9 Å². The first-order valence-corrected chi connectivity index (χ1v) is 9.94. The number of benzene rings is 1. The normalized spacial score (nSPS) is 21.7. The molecule has 1 aromatic carbocycles. The van der Waals surface area contributed by atoms with Gasteiger partial charge in [0, 0.05) is 6.04 Å². The summed E-state index contributed by atoms with van der Waals surface area (Å²) in [7, 11) is 0. The Morgan fingerprint density at radius 2 is 2.00 bits per heavy atom. The number of carbonyl (C=O) groups excluding carboxylic acids is 3. The van der Waals surface area contributed by atoms with Gasteiger partial charge >= 0.3 is 6.03 Å². The van der Waals surface area contributed by atoms with Crippen molar-refractivity contribution < 1.29 is 14.4 Å². The van der Waals surface area contributed by atoms with E-state index in [0.717, 1.165) is 23.7 Å². The summed E-state index contributed by atoms with van der Waals surface area (Å²) < 4.78 is 2.03. The van der Waals surface area contributed by atoms with Crippen molar-refractivity contribution >= 4 is 29.6 Å². The minimum Gasteiger partial charge on any atom is -0.318 e. The number of urea groups is 1. The molecule has 0 bridgehead atoms. The topological polar surface area (TPSA) is 109 Å². The van der Waals surface area contributed by atoms with Gasteiger partial charge in [0.05, 0.1) is 5.75 Å². The highest BCUT2D eigenvalue weighted by Gasteiger charge is 2.49. The Labute approximate surface area is 165 Å². The second-order valence-corrected chi connectivity index (χ2v) is 7.96. The summed E-state index contributed by atoms with van der Waals surface area (Å²) in [4.78, 5) is 37.4. The maximum Gasteiger partial charge on any atom is 0.344 e. The number of aromatic nitrogens is 3. The van der Waals surface area contributed by atoms with Crippen molar-refractivity contribution in [1.29, 1.82) is 0 Å². The lowest BCUT2D eigenvalue weighted by Crippen LogP contribution is -2.48. The number of nitrogens with one attached hydrogen (secondary N) is 2. The number of nitrogens with zero attached hydrogens (tertiary/aromatic N) is 4. The molecule has 1 saturated carbocycles. The van der Waals surface area contributed by atoms with Crippen LogP contribution in [0.4, 0.5) is 4.79 Å². The van der Waals surface area contributed by atoms with E-state index in [1.54, 1.807) is 31.2 Å². The van der Waals surface area contributed by atoms with Crippen LogP contribution in [0.2, 0.25) is 0 Å². The van der Waals surface area contributed by atoms with Gasteiger partial charge in [-0.3, -0.25) is 15.0 Å². The highest BCUT2D eigenvalue weighted by Crippen LogP contribution is 2.38. The Kier molecular flexibility index (Phi) is 4.58. The fraction of sp³-hybridized carbons (Fsp3) is 0.389. The minimum absolute atomic E-state index is 0.0178. The van der Waals surface area contributed by atoms with E-state index >= 15 is 0 Å². The predicted octanol–water partition coefficient (Wildman–Crippen LogP) is 1.51. The zero-order valence-corrected chi connectivity index (χ0v) is 16.3. The summed E-state index contributed by atoms with van der Waals surface area (Å²) in [5, 5.41) is 12.2. The van der Waals surface area contributed by atoms with Gasteiger partial charge in [0.2, 0.25) is 5.91 Å². The van der Waals surface area contributed by atoms with Gasteiger partial charge in [-0.25, -0.2) is 4.79 Å². The van der Waals surface area contributed by atoms with E-state index in [4.69, 9.17) is 0 Å². The molecule has 1 atom stereocenters. The molecule has 0 radical (unpaired) electrons. The van der Waals surface area contributed by atoms with Gasteiger partial charge in [-0.05, 0) is 32.3 Å². The molecular formula is C18H20N6O3S. The van der Waals surface area contributed by atoms with Gasteiger partial charge < -0.3 is 9.88 Å². The molecule has 9 nitrogen and oxygen atoms in total. The third-order valence-electron chi connectivity index (χ3n) is 4.86. The molecule has 4 rings (SSSR count). The number of aryl methyl sites for hydroxylation is 1. The van der Waals surface area contributed by atoms with E-state index in [9.17, 15) is 14.4 Å². The molecule has 146 valence electrons. The molecule has 2 N–H and O–H groups in total. The van der Waals surface area contributed by atoms with Crippen molar-refractivity contribution in [1.82, 2.24) is 30.5 Å². The fourth-order valence-electron chi connectivity index (χ4n) is 3.20. The highest BCUT2D eigenvalue weighted by molar-refractivity contribution is 7.99. The van der Waals surface area contributed by atoms with Crippen molar-refractivity contribution in [3.63, 3.8) is 0 Å². The molecule has 2 aromatic rings. The number of carbonyl (C=O) groups is 3. The first kappa shape index (κ1) is 18.5. The predicted molar refractivity (Wildman–Crippen MR) is 101 cm³/mol. The Hall–Kier alpha value is -2.88. The zero-order valence-electron chi connectivity index (χ0n) is 15.5. The molecular weight excluding hydrogens is 380 g/mol. The first-order chi connectivity index (χ1) is 13.4. The summed E-state index contributed by atoms with van der Waals surface area (Å²) in [6.07, 6.45) is 2.16. The molecule has 1 aromatic heterocycles. The summed E-state index contributed by atoms with van der Waals surface area (Å²) in [6, 6.07) is 8.65. The van der Waals surface area contributed by atoms with Gasteiger partial charge in [0.15, 0.2) is 5.16 Å². The van der Waals surface area contributed by atoms with E-state index in [1.807, 2.05) is 17.6 Å². The molecule has 0 unspecified atom stereocenters. The number of hydrogen-bond donors (Lipinski definition) is 2. The molecule has 2 heterocycles. The van der Waals surface area contributed by atoms with Crippen LogP contribution in [-0.2, 0) is 15.1 Å². The maximum absolute atomic E-state index is 12.8. The molecule has 10 heteroatoms. The number of hydrazine groups is 1. The van der Waals surface area contributed by atoms with Gasteiger partial charge in [-0.2, -0.15) is 5.01 Å². The fourth-order valence-corrected chi connectivity index (χ4v) is 4.04. The van der Waals surface area contributed by atoms with E-state index in [-0.39, 0.29) is 5.75 Å². The first-order valence-electron chi connectivity index (χ1n) is 8.96. The standard InChI is InChI=1S/C18H20N6O3S/c1-11-20-21-17(23(11)13-8-9-13)28-10-14(25)22-24-15(26)18(2,19-16(24)27)12-6-4-3-5-7-12/h3-7,13H,8-10H2,1-2H3,(H,19,27)(H,22,25)/t18-/m0/s1. The van der Waals surface area contributed by atoms with Crippen molar-refractivity contribution in [2.75, 3.05) is 5.75 Å². The summed E-state index contributed by atoms with van der Waals surface area (Å²) >= 11 is 1.23. The second kappa shape index (κ2) is 6.93. The van der Waals surface area contributed by atoms with E-state index in [0.29, 0.717) is 16.8 Å². The third-order valence-corrected chi connectivity index (χ3v) is 5.80. The number of imide groups is 1. The van der Waals surface area contributed by atoms with Crippen LogP contribution in [0.25, 0.3) is 0 Å². The third kappa shape index (κ3) is 3.24. The van der Waals surface area contributed by atoms with Crippen LogP contribution in [0.15, 0.2) is 35.5 Å². The molecule has 1 aliphatic carbocycles. The average Bonchev–Trinajstić information content (AvgIpc) is 3.42. The molecule has 28 heavy (non-hydrogen) atoms. The lowest BCUT2D eigenvalue weighted by atomic mass is 9.92. The van der Waals surface area contributed by atoms with Crippen molar-refractivity contribution in [3.8, 4) is 0 Å². The maximum atomic E-state index is 12.8. The molecule has 2 fully saturated rings. The Balaban J connectivity index is 1.41. The van der Waals surface area contributed by atoms with Gasteiger partial charge in [-0.15, -0.1) is 10.2 Å². The summed E-state index contributed by atoms with van der Waals surface area (Å²) in [5.41, 5.74) is 1.82. The van der Waals surface area contributed by atoms with Gasteiger partial charge in [0.1, 0.15) is 11.4 Å². The molecule has 1 saturated heterocycles. The van der Waals surface area contributed by atoms with Crippen LogP contribution in [0.3, 0.4) is 0 Å². The van der Waals surface area contributed by atoms with Gasteiger partial charge in [-0.1, -0.05) is 42.1 Å². The average molecular weight is 400 g/mol. The summed E-state index contributed by atoms with van der Waals surface area (Å²) in [6.45, 7) is 3.50. The highest BCUT2D eigenvalue weighted by atomic mass is 32.2. The van der Waals surface area contributed by atoms with Crippen LogP contribution in [0.1, 0.15) is 37.2 Å². The Bertz CT molecular complexity index is 942. The van der Waals surface area contributed by atoms with Crippen LogP contribution in [0.5, 0.6) is 0 Å². The monoisotopic (exact) mass is 400 g/mol. The lowest BCUT2D eigenvalue weighted by Gasteiger charge is -2.22. The van der Waals surface area contributed by atoms with Crippen molar-refractivity contribution in [3.05, 3.63) is 41.7 Å². The Morgan fingerprint density at radius 3 is 2.68 bits per heavy atom. The largest absolute Gasteiger partial charge is 0.344 e. The number of amides is 4. The van der Waals surface area contributed by atoms with Crippen LogP contribution in [-0.4, -0.2) is 43.4 Å². The van der Waals surface area contributed by atoms with Crippen molar-refractivity contribution in [2.24, 2.45) is 0 Å². The van der Waals surface area contributed by atoms with E-state index < -0.39 is 23.4 Å². The van der Waals surface area contributed by atoms with Crippen LogP contribution < -0.4 is 10.7 Å². The smallest absolute Gasteiger partial charge is 0.318 e. The zero-order chi connectivity index (χ0) is 19.9. The molecule has 1 aliphatic heterocycles. The molecule has 0 spiro atoms. The summed E-state index contributed by atoms with van der Waals surface area (Å²) in [5.74, 6) is -0.157. The minimum atomic E-state index is -1.22. The Morgan fingerprint density at radius 1 is 1.29 bits per heavy atom. The quantitative estimate of drug-likeness (QED) is 0.562.